The molecule has 2 unspecified atom stereocenters. The molecule has 0 saturated carbocycles. The van der Waals surface area contributed by atoms with Crippen molar-refractivity contribution in [2.24, 2.45) is 11.8 Å². The van der Waals surface area contributed by atoms with E-state index in [1.165, 1.54) is 11.9 Å². The Morgan fingerprint density at radius 2 is 1.49 bits per heavy atom. The fourth-order valence-electron chi connectivity index (χ4n) is 5.44. The number of halogens is 6. The molecule has 2 aromatic rings. The molecule has 0 aliphatic carbocycles. The third kappa shape index (κ3) is 7.06. The van der Waals surface area contributed by atoms with Gasteiger partial charge in [-0.1, -0.05) is 30.3 Å². The van der Waals surface area contributed by atoms with E-state index < -0.39 is 71.4 Å². The van der Waals surface area contributed by atoms with Crippen molar-refractivity contribution in [2.75, 3.05) is 20.1 Å². The standard InChI is InChI=1S/C28H27F6N3O4/c1-36(14-16-9-19(27(29,30)31)13-20(10-16)28(32,33)34)26(41)21-7-8-37(15-22(21)17-5-3-2-4-6-17)25(40)18-11-23(38)35-24(39)12-18/h2-6,9-10,13,18,21-22H,7-8,11-12,14-15H2,1H3,(H,35,38,39). The van der Waals surface area contributed by atoms with Gasteiger partial charge in [-0.2, -0.15) is 26.3 Å². The molecule has 220 valence electrons. The lowest BCUT2D eigenvalue weighted by Crippen LogP contribution is -2.51. The van der Waals surface area contributed by atoms with Crippen LogP contribution in [0.5, 0.6) is 0 Å². The molecule has 2 saturated heterocycles. The minimum atomic E-state index is -5.01. The number of piperidine rings is 2. The van der Waals surface area contributed by atoms with Gasteiger partial charge in [0.05, 0.1) is 17.0 Å². The first-order chi connectivity index (χ1) is 19.1. The van der Waals surface area contributed by atoms with Crippen LogP contribution in [0.4, 0.5) is 26.3 Å². The van der Waals surface area contributed by atoms with Gasteiger partial charge < -0.3 is 9.80 Å². The van der Waals surface area contributed by atoms with Crippen LogP contribution in [0.15, 0.2) is 48.5 Å². The first-order valence-electron chi connectivity index (χ1n) is 12.8. The Morgan fingerprint density at radius 3 is 2.02 bits per heavy atom. The Balaban J connectivity index is 1.56. The maximum Gasteiger partial charge on any atom is 0.416 e. The lowest BCUT2D eigenvalue weighted by molar-refractivity contribution is -0.148. The summed E-state index contributed by atoms with van der Waals surface area (Å²) < 4.78 is 79.9. The number of likely N-dealkylation sites (tertiary alicyclic amines) is 1. The number of hydrogen-bond donors (Lipinski definition) is 1. The van der Waals surface area contributed by atoms with E-state index in [0.29, 0.717) is 17.7 Å². The van der Waals surface area contributed by atoms with Gasteiger partial charge in [0.2, 0.25) is 23.6 Å². The van der Waals surface area contributed by atoms with E-state index in [1.54, 1.807) is 30.3 Å². The van der Waals surface area contributed by atoms with Crippen LogP contribution in [0.25, 0.3) is 0 Å². The minimum Gasteiger partial charge on any atom is -0.342 e. The molecule has 2 aliphatic rings. The van der Waals surface area contributed by atoms with Crippen molar-refractivity contribution in [3.63, 3.8) is 0 Å². The molecule has 4 rings (SSSR count). The van der Waals surface area contributed by atoms with Crippen molar-refractivity contribution in [1.82, 2.24) is 15.1 Å². The van der Waals surface area contributed by atoms with Gasteiger partial charge in [0.25, 0.3) is 0 Å². The molecule has 0 aromatic heterocycles. The van der Waals surface area contributed by atoms with Crippen molar-refractivity contribution in [1.29, 1.82) is 0 Å². The summed E-state index contributed by atoms with van der Waals surface area (Å²) in [5.74, 6) is -4.07. The van der Waals surface area contributed by atoms with E-state index >= 15 is 0 Å². The second-order valence-electron chi connectivity index (χ2n) is 10.4. The number of carbonyl (C=O) groups is 4. The fraction of sp³-hybridized carbons (Fsp3) is 0.429. The molecular formula is C28H27F6N3O4. The summed E-state index contributed by atoms with van der Waals surface area (Å²) in [4.78, 5) is 53.0. The number of nitrogens with zero attached hydrogens (tertiary/aromatic N) is 2. The van der Waals surface area contributed by atoms with E-state index in [4.69, 9.17) is 0 Å². The average Bonchev–Trinajstić information content (AvgIpc) is 2.90. The van der Waals surface area contributed by atoms with Crippen LogP contribution >= 0.6 is 0 Å². The molecular weight excluding hydrogens is 556 g/mol. The number of carbonyl (C=O) groups excluding carboxylic acids is 4. The molecule has 1 N–H and O–H groups in total. The number of nitrogens with one attached hydrogen (secondary N) is 1. The molecule has 0 radical (unpaired) electrons. The zero-order valence-electron chi connectivity index (χ0n) is 21.9. The first kappa shape index (κ1) is 30.1. The van der Waals surface area contributed by atoms with Gasteiger partial charge in [-0.05, 0) is 35.7 Å². The number of amides is 4. The van der Waals surface area contributed by atoms with Gasteiger partial charge in [0.15, 0.2) is 0 Å². The number of benzene rings is 2. The zero-order chi connectivity index (χ0) is 30.1. The maximum atomic E-state index is 13.6. The summed E-state index contributed by atoms with van der Waals surface area (Å²) in [6.07, 6.45) is -10.1. The maximum absolute atomic E-state index is 13.6. The van der Waals surface area contributed by atoms with Gasteiger partial charge in [0, 0.05) is 51.4 Å². The van der Waals surface area contributed by atoms with Crippen LogP contribution in [0.3, 0.4) is 0 Å². The van der Waals surface area contributed by atoms with Gasteiger partial charge in [-0.25, -0.2) is 0 Å². The average molecular weight is 584 g/mol. The topological polar surface area (TPSA) is 86.8 Å². The highest BCUT2D eigenvalue weighted by molar-refractivity contribution is 6.02. The molecule has 2 atom stereocenters. The molecule has 2 aliphatic heterocycles. The highest BCUT2D eigenvalue weighted by atomic mass is 19.4. The van der Waals surface area contributed by atoms with E-state index in [-0.39, 0.29) is 44.0 Å². The van der Waals surface area contributed by atoms with Gasteiger partial charge >= 0.3 is 12.4 Å². The molecule has 0 bridgehead atoms. The summed E-state index contributed by atoms with van der Waals surface area (Å²) >= 11 is 0. The van der Waals surface area contributed by atoms with Crippen molar-refractivity contribution >= 4 is 23.6 Å². The lowest BCUT2D eigenvalue weighted by atomic mass is 9.79. The molecule has 7 nitrogen and oxygen atoms in total. The van der Waals surface area contributed by atoms with Crippen molar-refractivity contribution in [3.8, 4) is 0 Å². The summed E-state index contributed by atoms with van der Waals surface area (Å²) in [5.41, 5.74) is -2.54. The third-order valence-electron chi connectivity index (χ3n) is 7.40. The summed E-state index contributed by atoms with van der Waals surface area (Å²) in [6.45, 7) is -0.284. The number of hydrogen-bond acceptors (Lipinski definition) is 4. The summed E-state index contributed by atoms with van der Waals surface area (Å²) in [5, 5.41) is 2.16. The summed E-state index contributed by atoms with van der Waals surface area (Å²) in [6, 6.07) is 9.99. The van der Waals surface area contributed by atoms with Crippen LogP contribution in [0.1, 0.15) is 47.4 Å². The zero-order valence-corrected chi connectivity index (χ0v) is 21.9. The van der Waals surface area contributed by atoms with E-state index in [2.05, 4.69) is 5.32 Å². The van der Waals surface area contributed by atoms with Crippen LogP contribution in [0, 0.1) is 11.8 Å². The molecule has 4 amide bonds. The molecule has 2 heterocycles. The molecule has 2 fully saturated rings. The van der Waals surface area contributed by atoms with Crippen LogP contribution in [-0.4, -0.2) is 53.6 Å². The SMILES string of the molecule is CN(Cc1cc(C(F)(F)F)cc(C(F)(F)F)c1)C(=O)C1CCN(C(=O)C2CC(=O)NC(=O)C2)CC1c1ccccc1. The fourth-order valence-corrected chi connectivity index (χ4v) is 5.44. The lowest BCUT2D eigenvalue weighted by Gasteiger charge is -2.41. The monoisotopic (exact) mass is 583 g/mol. The van der Waals surface area contributed by atoms with Crippen LogP contribution in [-0.2, 0) is 38.1 Å². The first-order valence-corrected chi connectivity index (χ1v) is 12.8. The number of imide groups is 1. The second-order valence-corrected chi connectivity index (χ2v) is 10.4. The van der Waals surface area contributed by atoms with Crippen molar-refractivity contribution in [2.45, 2.75) is 44.1 Å². The highest BCUT2D eigenvalue weighted by Crippen LogP contribution is 2.38. The molecule has 0 spiro atoms. The Morgan fingerprint density at radius 1 is 0.927 bits per heavy atom. The predicted molar refractivity (Wildman–Crippen MR) is 133 cm³/mol. The Bertz CT molecular complexity index is 1280. The quantitative estimate of drug-likeness (QED) is 0.419. The Kier molecular flexibility index (Phi) is 8.46. The smallest absolute Gasteiger partial charge is 0.342 e. The van der Waals surface area contributed by atoms with E-state index in [1.807, 2.05) is 0 Å². The minimum absolute atomic E-state index is 0.0347. The van der Waals surface area contributed by atoms with Crippen molar-refractivity contribution in [3.05, 3.63) is 70.8 Å². The van der Waals surface area contributed by atoms with E-state index in [0.717, 1.165) is 4.90 Å². The van der Waals surface area contributed by atoms with E-state index in [9.17, 15) is 45.5 Å². The van der Waals surface area contributed by atoms with Gasteiger partial charge in [-0.3, -0.25) is 24.5 Å². The third-order valence-corrected chi connectivity index (χ3v) is 7.40. The number of alkyl halides is 6. The molecule has 41 heavy (non-hydrogen) atoms. The normalized spacial score (nSPS) is 20.5. The van der Waals surface area contributed by atoms with Gasteiger partial charge in [-0.15, -0.1) is 0 Å². The van der Waals surface area contributed by atoms with Crippen molar-refractivity contribution < 1.29 is 45.5 Å². The largest absolute Gasteiger partial charge is 0.416 e. The number of rotatable bonds is 5. The van der Waals surface area contributed by atoms with Crippen LogP contribution < -0.4 is 5.32 Å². The van der Waals surface area contributed by atoms with Gasteiger partial charge in [0.1, 0.15) is 0 Å². The predicted octanol–water partition coefficient (Wildman–Crippen LogP) is 4.37. The van der Waals surface area contributed by atoms with Crippen LogP contribution in [0.2, 0.25) is 0 Å². The highest BCUT2D eigenvalue weighted by Gasteiger charge is 2.41. The Labute approximate surface area is 231 Å². The molecule has 2 aromatic carbocycles. The summed E-state index contributed by atoms with van der Waals surface area (Å²) in [7, 11) is 1.31. The molecule has 13 heteroatoms. The Hall–Kier alpha value is -3.90. The second kappa shape index (κ2) is 11.5.